The number of carbonyl (C=O) groups excluding carboxylic acids is 2. The quantitative estimate of drug-likeness (QED) is 0.566. The third kappa shape index (κ3) is 5.00. The molecule has 182 valence electrons. The molecule has 0 aliphatic carbocycles. The van der Waals surface area contributed by atoms with E-state index < -0.39 is 12.0 Å². The van der Waals surface area contributed by atoms with Gasteiger partial charge in [0.15, 0.2) is 5.17 Å². The van der Waals surface area contributed by atoms with E-state index in [1.165, 1.54) is 31.7 Å². The van der Waals surface area contributed by atoms with E-state index >= 15 is 0 Å². The molecule has 1 N–H and O–H groups in total. The molecule has 9 heteroatoms. The molecule has 0 bridgehead atoms. The number of hydrogen-bond acceptors (Lipinski definition) is 8. The molecule has 0 spiro atoms. The van der Waals surface area contributed by atoms with Crippen molar-refractivity contribution in [3.8, 4) is 5.75 Å². The number of esters is 1. The Hall–Kier alpha value is -2.78. The van der Waals surface area contributed by atoms with Crippen LogP contribution < -0.4 is 10.1 Å². The zero-order chi connectivity index (χ0) is 24.2. The van der Waals surface area contributed by atoms with Crippen LogP contribution in [0.3, 0.4) is 0 Å². The van der Waals surface area contributed by atoms with Gasteiger partial charge in [-0.15, -0.1) is 0 Å². The summed E-state index contributed by atoms with van der Waals surface area (Å²) in [4.78, 5) is 34.6. The van der Waals surface area contributed by atoms with Crippen molar-refractivity contribution in [3.63, 3.8) is 0 Å². The third-order valence-corrected chi connectivity index (χ3v) is 7.52. The molecule has 2 unspecified atom stereocenters. The Kier molecular flexibility index (Phi) is 7.63. The van der Waals surface area contributed by atoms with Crippen molar-refractivity contribution in [2.24, 2.45) is 4.99 Å². The van der Waals surface area contributed by atoms with E-state index in [1.807, 2.05) is 41.5 Å². The lowest BCUT2D eigenvalue weighted by atomic mass is 9.93. The van der Waals surface area contributed by atoms with Gasteiger partial charge in [-0.05, 0) is 62.9 Å². The van der Waals surface area contributed by atoms with Crippen LogP contribution in [0.2, 0.25) is 0 Å². The van der Waals surface area contributed by atoms with E-state index in [-0.39, 0.29) is 12.3 Å². The van der Waals surface area contributed by atoms with Gasteiger partial charge < -0.3 is 24.6 Å². The molecule has 2 atom stereocenters. The van der Waals surface area contributed by atoms with Gasteiger partial charge in [-0.2, -0.15) is 0 Å². The van der Waals surface area contributed by atoms with Crippen LogP contribution in [0.1, 0.15) is 44.2 Å². The number of amidine groups is 1. The molecule has 0 saturated carbocycles. The van der Waals surface area contributed by atoms with Gasteiger partial charge in [-0.25, -0.2) is 9.79 Å². The lowest BCUT2D eigenvalue weighted by molar-refractivity contribution is -0.136. The van der Waals surface area contributed by atoms with Gasteiger partial charge in [0.1, 0.15) is 5.75 Å². The van der Waals surface area contributed by atoms with Crippen molar-refractivity contribution < 1.29 is 19.1 Å². The molecule has 1 amide bonds. The molecule has 1 saturated heterocycles. The number of carbonyl (C=O) groups is 2. The number of benzene rings is 1. The molecule has 4 rings (SSSR count). The maximum Gasteiger partial charge on any atom is 0.338 e. The summed E-state index contributed by atoms with van der Waals surface area (Å²) in [6, 6.07) is 7.68. The smallest absolute Gasteiger partial charge is 0.338 e. The normalized spacial score (nSPS) is 22.3. The highest BCUT2D eigenvalue weighted by Crippen LogP contribution is 2.45. The van der Waals surface area contributed by atoms with Crippen molar-refractivity contribution in [1.29, 1.82) is 0 Å². The fraction of sp³-hybridized carbons (Fsp3) is 0.480. The van der Waals surface area contributed by atoms with Gasteiger partial charge in [0.05, 0.1) is 38.0 Å². The fourth-order valence-corrected chi connectivity index (χ4v) is 5.78. The molecule has 0 aromatic heterocycles. The van der Waals surface area contributed by atoms with Crippen molar-refractivity contribution >= 4 is 28.8 Å². The highest BCUT2D eigenvalue weighted by Gasteiger charge is 2.41. The zero-order valence-electron chi connectivity index (χ0n) is 20.2. The molecule has 1 fully saturated rings. The molecule has 3 aliphatic rings. The van der Waals surface area contributed by atoms with Crippen LogP contribution in [0.4, 0.5) is 0 Å². The summed E-state index contributed by atoms with van der Waals surface area (Å²) in [6.45, 7) is 3.59. The van der Waals surface area contributed by atoms with Gasteiger partial charge in [0.25, 0.3) is 0 Å². The Morgan fingerprint density at radius 3 is 2.82 bits per heavy atom. The molecule has 8 nitrogen and oxygen atoms in total. The SMILES string of the molecule is COC(=O)C1=C(C)N=C2SC=C(CC(=O)NCCC3CCCN3C)N2C1c1cccc(OC)c1. The number of aliphatic imine (C=N–C) groups is 1. The minimum absolute atomic E-state index is 0.0379. The molecular formula is C25H32N4O4S. The topological polar surface area (TPSA) is 83.5 Å². The summed E-state index contributed by atoms with van der Waals surface area (Å²) >= 11 is 1.46. The summed E-state index contributed by atoms with van der Waals surface area (Å²) < 4.78 is 10.5. The first-order valence-corrected chi connectivity index (χ1v) is 12.4. The number of fused-ring (bicyclic) bond motifs is 1. The van der Waals surface area contributed by atoms with Gasteiger partial charge in [0, 0.05) is 18.3 Å². The molecule has 34 heavy (non-hydrogen) atoms. The average molecular weight is 485 g/mol. The number of ether oxygens (including phenoxy) is 2. The second-order valence-corrected chi connectivity index (χ2v) is 9.59. The average Bonchev–Trinajstić information content (AvgIpc) is 3.43. The number of allylic oxidation sites excluding steroid dienone is 1. The number of amides is 1. The summed E-state index contributed by atoms with van der Waals surface area (Å²) in [5.41, 5.74) is 2.74. The number of methoxy groups -OCH3 is 2. The van der Waals surface area contributed by atoms with Crippen molar-refractivity contribution in [2.75, 3.05) is 34.4 Å². The van der Waals surface area contributed by atoms with E-state index in [2.05, 4.69) is 22.3 Å². The monoisotopic (exact) mass is 484 g/mol. The van der Waals surface area contributed by atoms with Crippen LogP contribution in [0.15, 0.2) is 51.6 Å². The molecule has 3 aliphatic heterocycles. The molecule has 0 radical (unpaired) electrons. The number of nitrogens with one attached hydrogen (secondary N) is 1. The first kappa shape index (κ1) is 24.3. The lowest BCUT2D eigenvalue weighted by Crippen LogP contribution is -2.38. The van der Waals surface area contributed by atoms with Crippen molar-refractivity contribution in [2.45, 2.75) is 44.7 Å². The second-order valence-electron chi connectivity index (χ2n) is 8.75. The van der Waals surface area contributed by atoms with E-state index in [0.717, 1.165) is 29.4 Å². The van der Waals surface area contributed by atoms with E-state index in [1.54, 1.807) is 7.11 Å². The second kappa shape index (κ2) is 10.7. The van der Waals surface area contributed by atoms with Crippen LogP contribution >= 0.6 is 11.8 Å². The largest absolute Gasteiger partial charge is 0.497 e. The minimum atomic E-state index is -0.462. The maximum absolute atomic E-state index is 12.8. The Bertz CT molecular complexity index is 1050. The van der Waals surface area contributed by atoms with Crippen LogP contribution in [0.25, 0.3) is 0 Å². The fourth-order valence-electron chi connectivity index (χ4n) is 4.82. The molecule has 1 aromatic rings. The summed E-state index contributed by atoms with van der Waals surface area (Å²) in [5.74, 6) is 0.217. The van der Waals surface area contributed by atoms with Crippen LogP contribution in [0, 0.1) is 0 Å². The summed E-state index contributed by atoms with van der Waals surface area (Å²) in [7, 11) is 5.12. The molecule has 3 heterocycles. The number of rotatable bonds is 8. The first-order valence-electron chi connectivity index (χ1n) is 11.6. The Labute approximate surface area is 205 Å². The number of nitrogens with zero attached hydrogens (tertiary/aromatic N) is 3. The van der Waals surface area contributed by atoms with Crippen LogP contribution in [0.5, 0.6) is 5.75 Å². The standard InChI is InChI=1S/C25H32N4O4S/c1-16-22(24(31)33-4)23(17-7-5-9-20(13-17)32-3)29-19(15-34-25(29)27-16)14-21(30)26-11-10-18-8-6-12-28(18)2/h5,7,9,13,15,18,23H,6,8,10-12,14H2,1-4H3,(H,26,30). The van der Waals surface area contributed by atoms with E-state index in [9.17, 15) is 9.59 Å². The highest BCUT2D eigenvalue weighted by atomic mass is 32.2. The predicted octanol–water partition coefficient (Wildman–Crippen LogP) is 3.43. The summed E-state index contributed by atoms with van der Waals surface area (Å²) in [5, 5.41) is 5.77. The number of likely N-dealkylation sites (tertiary alicyclic amines) is 1. The molecule has 1 aromatic carbocycles. The lowest BCUT2D eigenvalue weighted by Gasteiger charge is -2.36. The zero-order valence-corrected chi connectivity index (χ0v) is 21.0. The maximum atomic E-state index is 12.8. The van der Waals surface area contributed by atoms with E-state index in [0.29, 0.717) is 29.6 Å². The Morgan fingerprint density at radius 2 is 2.12 bits per heavy atom. The minimum Gasteiger partial charge on any atom is -0.497 e. The Morgan fingerprint density at radius 1 is 1.29 bits per heavy atom. The highest BCUT2D eigenvalue weighted by molar-refractivity contribution is 8.16. The molecular weight excluding hydrogens is 452 g/mol. The van der Waals surface area contributed by atoms with E-state index in [4.69, 9.17) is 9.47 Å². The van der Waals surface area contributed by atoms with Gasteiger partial charge in [-0.3, -0.25) is 4.79 Å². The third-order valence-electron chi connectivity index (χ3n) is 6.63. The van der Waals surface area contributed by atoms with Crippen molar-refractivity contribution in [3.05, 3.63) is 52.2 Å². The van der Waals surface area contributed by atoms with Gasteiger partial charge in [-0.1, -0.05) is 23.9 Å². The number of hydrogen-bond donors (Lipinski definition) is 1. The van der Waals surface area contributed by atoms with Crippen LogP contribution in [-0.2, 0) is 14.3 Å². The van der Waals surface area contributed by atoms with Crippen LogP contribution in [-0.4, -0.2) is 67.2 Å². The summed E-state index contributed by atoms with van der Waals surface area (Å²) in [6.07, 6.45) is 3.57. The predicted molar refractivity (Wildman–Crippen MR) is 133 cm³/mol. The first-order chi connectivity index (χ1) is 16.4. The van der Waals surface area contributed by atoms with Gasteiger partial charge >= 0.3 is 5.97 Å². The van der Waals surface area contributed by atoms with Crippen molar-refractivity contribution in [1.82, 2.24) is 15.1 Å². The number of thioether (sulfide) groups is 1. The van der Waals surface area contributed by atoms with Gasteiger partial charge in [0.2, 0.25) is 5.91 Å². The Balaban J connectivity index is 1.54.